The Balaban J connectivity index is 2.33. The lowest BCUT2D eigenvalue weighted by Gasteiger charge is -2.22. The zero-order valence-electron chi connectivity index (χ0n) is 7.41. The van der Waals surface area contributed by atoms with Gasteiger partial charge in [-0.1, -0.05) is 19.1 Å². The van der Waals surface area contributed by atoms with E-state index in [9.17, 15) is 4.79 Å². The number of hydrogen-bond acceptors (Lipinski definition) is 2. The highest BCUT2D eigenvalue weighted by Gasteiger charge is 2.24. The summed E-state index contributed by atoms with van der Waals surface area (Å²) in [5, 5.41) is 2.98. The topological polar surface area (TPSA) is 29.1 Å². The average Bonchev–Trinajstić information content (AvgIpc) is 2.17. The van der Waals surface area contributed by atoms with E-state index >= 15 is 0 Å². The first-order valence-corrected chi connectivity index (χ1v) is 5.25. The van der Waals surface area contributed by atoms with Gasteiger partial charge < -0.3 is 5.32 Å². The number of rotatable bonds is 1. The second-order valence-corrected chi connectivity index (χ2v) is 4.24. The Morgan fingerprint density at radius 1 is 1.46 bits per heavy atom. The van der Waals surface area contributed by atoms with Gasteiger partial charge in [0, 0.05) is 4.90 Å². The SMILES string of the molecule is CC[C@@H]1Sc2ccccc2NC1=O. The van der Waals surface area contributed by atoms with Gasteiger partial charge in [0.2, 0.25) is 5.91 Å². The van der Waals surface area contributed by atoms with Gasteiger partial charge in [-0.05, 0) is 18.6 Å². The molecule has 1 aliphatic heterocycles. The Morgan fingerprint density at radius 3 is 3.00 bits per heavy atom. The maximum Gasteiger partial charge on any atom is 0.237 e. The first-order chi connectivity index (χ1) is 6.31. The Bertz CT molecular complexity index is 337. The van der Waals surface area contributed by atoms with Crippen LogP contribution >= 0.6 is 11.8 Å². The summed E-state index contributed by atoms with van der Waals surface area (Å²) in [6.45, 7) is 2.03. The molecule has 2 nitrogen and oxygen atoms in total. The van der Waals surface area contributed by atoms with Crippen LogP contribution in [0, 0.1) is 0 Å². The van der Waals surface area contributed by atoms with Crippen molar-refractivity contribution in [2.45, 2.75) is 23.5 Å². The molecule has 1 N–H and O–H groups in total. The van der Waals surface area contributed by atoms with E-state index in [0.29, 0.717) is 0 Å². The van der Waals surface area contributed by atoms with Crippen LogP contribution in [0.25, 0.3) is 0 Å². The molecule has 1 aliphatic rings. The van der Waals surface area contributed by atoms with E-state index in [0.717, 1.165) is 12.1 Å². The first kappa shape index (κ1) is 8.63. The van der Waals surface area contributed by atoms with E-state index < -0.39 is 0 Å². The molecule has 0 saturated carbocycles. The van der Waals surface area contributed by atoms with E-state index in [-0.39, 0.29) is 11.2 Å². The van der Waals surface area contributed by atoms with Crippen LogP contribution in [-0.2, 0) is 4.79 Å². The summed E-state index contributed by atoms with van der Waals surface area (Å²) in [7, 11) is 0. The molecular weight excluding hydrogens is 182 g/mol. The van der Waals surface area contributed by atoms with Crippen LogP contribution < -0.4 is 5.32 Å². The molecule has 68 valence electrons. The van der Waals surface area contributed by atoms with E-state index in [1.807, 2.05) is 31.2 Å². The lowest BCUT2D eigenvalue weighted by atomic mass is 10.2. The third-order valence-corrected chi connectivity index (χ3v) is 3.52. The van der Waals surface area contributed by atoms with Crippen LogP contribution in [0.5, 0.6) is 0 Å². The molecule has 0 bridgehead atoms. The van der Waals surface area contributed by atoms with Crippen molar-refractivity contribution in [1.29, 1.82) is 0 Å². The summed E-state index contributed by atoms with van der Waals surface area (Å²) in [6, 6.07) is 7.91. The fourth-order valence-corrected chi connectivity index (χ4v) is 2.40. The number of benzene rings is 1. The Kier molecular flexibility index (Phi) is 2.27. The molecule has 0 spiro atoms. The highest BCUT2D eigenvalue weighted by Crippen LogP contribution is 2.36. The maximum absolute atomic E-state index is 11.5. The van der Waals surface area contributed by atoms with Crippen LogP contribution in [0.15, 0.2) is 29.2 Å². The molecule has 1 heterocycles. The molecule has 0 radical (unpaired) electrons. The predicted octanol–water partition coefficient (Wildman–Crippen LogP) is 2.51. The standard InChI is InChI=1S/C10H11NOS/c1-2-8-10(12)11-7-5-3-4-6-9(7)13-8/h3-6,8H,2H2,1H3,(H,11,12)/t8-/m0/s1. The van der Waals surface area contributed by atoms with Crippen molar-refractivity contribution < 1.29 is 4.79 Å². The van der Waals surface area contributed by atoms with E-state index in [1.165, 1.54) is 4.90 Å². The second kappa shape index (κ2) is 3.42. The largest absolute Gasteiger partial charge is 0.324 e. The first-order valence-electron chi connectivity index (χ1n) is 4.38. The summed E-state index contributed by atoms with van der Waals surface area (Å²) in [6.07, 6.45) is 0.880. The fraction of sp³-hybridized carbons (Fsp3) is 0.300. The molecule has 0 aromatic heterocycles. The molecule has 13 heavy (non-hydrogen) atoms. The lowest BCUT2D eigenvalue weighted by molar-refractivity contribution is -0.115. The fourth-order valence-electron chi connectivity index (χ4n) is 1.36. The minimum Gasteiger partial charge on any atom is -0.324 e. The van der Waals surface area contributed by atoms with E-state index in [1.54, 1.807) is 11.8 Å². The Morgan fingerprint density at radius 2 is 2.23 bits per heavy atom. The van der Waals surface area contributed by atoms with Crippen LogP contribution in [-0.4, -0.2) is 11.2 Å². The molecule has 1 amide bonds. The molecule has 1 aromatic carbocycles. The summed E-state index contributed by atoms with van der Waals surface area (Å²) in [5.74, 6) is 0.131. The monoisotopic (exact) mass is 193 g/mol. The zero-order chi connectivity index (χ0) is 9.26. The quantitative estimate of drug-likeness (QED) is 0.742. The van der Waals surface area contributed by atoms with Gasteiger partial charge in [0.15, 0.2) is 0 Å². The van der Waals surface area contributed by atoms with E-state index in [2.05, 4.69) is 5.32 Å². The summed E-state index contributed by atoms with van der Waals surface area (Å²) < 4.78 is 0. The average molecular weight is 193 g/mol. The van der Waals surface area contributed by atoms with Crippen molar-refractivity contribution in [2.24, 2.45) is 0 Å². The Hall–Kier alpha value is -0.960. The maximum atomic E-state index is 11.5. The predicted molar refractivity (Wildman–Crippen MR) is 55.0 cm³/mol. The van der Waals surface area contributed by atoms with Gasteiger partial charge in [0.1, 0.15) is 0 Å². The summed E-state index contributed by atoms with van der Waals surface area (Å²) in [5.41, 5.74) is 0.946. The molecule has 1 atom stereocenters. The van der Waals surface area contributed by atoms with Crippen molar-refractivity contribution in [1.82, 2.24) is 0 Å². The number of carbonyl (C=O) groups excluding carboxylic acids is 1. The Labute approximate surface area is 81.7 Å². The van der Waals surface area contributed by atoms with Gasteiger partial charge in [-0.2, -0.15) is 0 Å². The highest BCUT2D eigenvalue weighted by molar-refractivity contribution is 8.01. The number of hydrogen-bond donors (Lipinski definition) is 1. The van der Waals surface area contributed by atoms with Gasteiger partial charge in [0.05, 0.1) is 10.9 Å². The zero-order valence-corrected chi connectivity index (χ0v) is 8.23. The van der Waals surface area contributed by atoms with Crippen LogP contribution in [0.1, 0.15) is 13.3 Å². The highest BCUT2D eigenvalue weighted by atomic mass is 32.2. The normalized spacial score (nSPS) is 20.7. The van der Waals surface area contributed by atoms with Gasteiger partial charge in [0.25, 0.3) is 0 Å². The molecule has 2 rings (SSSR count). The lowest BCUT2D eigenvalue weighted by Crippen LogP contribution is -2.28. The van der Waals surface area contributed by atoms with Crippen LogP contribution in [0.4, 0.5) is 5.69 Å². The van der Waals surface area contributed by atoms with E-state index in [4.69, 9.17) is 0 Å². The van der Waals surface area contributed by atoms with Crippen LogP contribution in [0.3, 0.4) is 0 Å². The van der Waals surface area contributed by atoms with Gasteiger partial charge >= 0.3 is 0 Å². The third-order valence-electron chi connectivity index (χ3n) is 2.08. The minimum atomic E-state index is 0.0786. The molecule has 0 fully saturated rings. The van der Waals surface area contributed by atoms with Crippen LogP contribution in [0.2, 0.25) is 0 Å². The minimum absolute atomic E-state index is 0.0786. The summed E-state index contributed by atoms with van der Waals surface area (Å²) in [4.78, 5) is 12.6. The second-order valence-electron chi connectivity index (χ2n) is 3.00. The van der Waals surface area contributed by atoms with Gasteiger partial charge in [-0.3, -0.25) is 4.79 Å². The number of fused-ring (bicyclic) bond motifs is 1. The smallest absolute Gasteiger partial charge is 0.237 e. The molecule has 0 saturated heterocycles. The molecular formula is C10H11NOS. The van der Waals surface area contributed by atoms with Crippen molar-refractivity contribution in [3.8, 4) is 0 Å². The molecule has 3 heteroatoms. The number of thioether (sulfide) groups is 1. The molecule has 1 aromatic rings. The molecule has 0 unspecified atom stereocenters. The third kappa shape index (κ3) is 1.56. The number of nitrogens with one attached hydrogen (secondary N) is 1. The molecule has 0 aliphatic carbocycles. The number of para-hydroxylation sites is 1. The summed E-state index contributed by atoms with van der Waals surface area (Å²) >= 11 is 1.65. The van der Waals surface area contributed by atoms with Crippen molar-refractivity contribution in [3.63, 3.8) is 0 Å². The van der Waals surface area contributed by atoms with Gasteiger partial charge in [-0.25, -0.2) is 0 Å². The van der Waals surface area contributed by atoms with Crippen molar-refractivity contribution >= 4 is 23.4 Å². The van der Waals surface area contributed by atoms with Crippen molar-refractivity contribution in [2.75, 3.05) is 5.32 Å². The number of carbonyl (C=O) groups is 1. The van der Waals surface area contributed by atoms with Crippen molar-refractivity contribution in [3.05, 3.63) is 24.3 Å². The van der Waals surface area contributed by atoms with Gasteiger partial charge in [-0.15, -0.1) is 11.8 Å². The number of amides is 1. The number of anilines is 1.